The molecule has 0 aliphatic rings. The van der Waals surface area contributed by atoms with Crippen molar-refractivity contribution in [3.05, 3.63) is 71.4 Å². The van der Waals surface area contributed by atoms with Gasteiger partial charge in [-0.2, -0.15) is 10.5 Å². The molecule has 0 spiro atoms. The molecule has 150 valence electrons. The van der Waals surface area contributed by atoms with E-state index in [1.54, 1.807) is 6.08 Å². The van der Waals surface area contributed by atoms with Crippen LogP contribution in [0.15, 0.2) is 60.3 Å². The molecule has 0 aliphatic heterocycles. The Morgan fingerprint density at radius 2 is 1.90 bits per heavy atom. The second-order valence-corrected chi connectivity index (χ2v) is 7.13. The molecule has 0 fully saturated rings. The molecule has 3 aromatic rings. The number of para-hydroxylation sites is 1. The van der Waals surface area contributed by atoms with Crippen LogP contribution >= 0.6 is 0 Å². The molecule has 1 N–H and O–H groups in total. The van der Waals surface area contributed by atoms with Crippen molar-refractivity contribution in [2.24, 2.45) is 0 Å². The van der Waals surface area contributed by atoms with E-state index in [0.29, 0.717) is 18.7 Å². The van der Waals surface area contributed by atoms with E-state index >= 15 is 0 Å². The summed E-state index contributed by atoms with van der Waals surface area (Å²) < 4.78 is 1.98. The highest BCUT2D eigenvalue weighted by Crippen LogP contribution is 2.24. The van der Waals surface area contributed by atoms with Crippen molar-refractivity contribution >= 4 is 28.6 Å². The molecule has 1 aromatic heterocycles. The minimum absolute atomic E-state index is 0.0354. The number of benzene rings is 2. The van der Waals surface area contributed by atoms with Crippen molar-refractivity contribution in [3.63, 3.8) is 0 Å². The topological polar surface area (TPSA) is 81.6 Å². The number of hydrogen-bond donors (Lipinski definition) is 1. The minimum atomic E-state index is -0.437. The predicted octanol–water partition coefficient (Wildman–Crippen LogP) is 5.44. The van der Waals surface area contributed by atoms with Crippen LogP contribution in [0.1, 0.15) is 37.3 Å². The molecular weight excluding hydrogens is 372 g/mol. The number of anilines is 1. The van der Waals surface area contributed by atoms with Crippen molar-refractivity contribution in [2.45, 2.75) is 39.2 Å². The molecule has 0 atom stereocenters. The molecule has 5 nitrogen and oxygen atoms in total. The van der Waals surface area contributed by atoms with Gasteiger partial charge in [0.15, 0.2) is 0 Å². The quantitative estimate of drug-likeness (QED) is 0.406. The van der Waals surface area contributed by atoms with E-state index in [9.17, 15) is 10.1 Å². The third kappa shape index (κ3) is 4.96. The van der Waals surface area contributed by atoms with Crippen LogP contribution in [-0.4, -0.2) is 10.5 Å². The highest BCUT2D eigenvalue weighted by atomic mass is 16.1. The molecule has 0 bridgehead atoms. The largest absolute Gasteiger partial charge is 0.346 e. The highest BCUT2D eigenvalue weighted by molar-refractivity contribution is 6.10. The van der Waals surface area contributed by atoms with Crippen LogP contribution < -0.4 is 5.32 Å². The summed E-state index contributed by atoms with van der Waals surface area (Å²) in [7, 11) is 0. The van der Waals surface area contributed by atoms with Gasteiger partial charge in [-0.1, -0.05) is 43.7 Å². The summed E-state index contributed by atoms with van der Waals surface area (Å²) >= 11 is 0. The standard InChI is InChI=1S/C25H24N4O/c1-2-3-7-19-10-12-22(13-11-19)28-25(30)20(17-27)16-21-18-29(15-6-14-26)24-9-5-4-8-23(21)24/h4-5,8-13,16,18H,2-3,6-7,15H2,1H3,(H,28,30)/b20-16+. The van der Waals surface area contributed by atoms with Crippen LogP contribution in [0.4, 0.5) is 5.69 Å². The van der Waals surface area contributed by atoms with Crippen LogP contribution in [0.2, 0.25) is 0 Å². The van der Waals surface area contributed by atoms with Gasteiger partial charge in [-0.05, 0) is 42.7 Å². The maximum Gasteiger partial charge on any atom is 0.266 e. The number of nitriles is 2. The molecule has 1 amide bonds. The van der Waals surface area contributed by atoms with E-state index in [1.165, 1.54) is 5.56 Å². The number of fused-ring (bicyclic) bond motifs is 1. The van der Waals surface area contributed by atoms with Crippen LogP contribution in [-0.2, 0) is 17.8 Å². The van der Waals surface area contributed by atoms with Crippen molar-refractivity contribution in [1.29, 1.82) is 10.5 Å². The van der Waals surface area contributed by atoms with E-state index in [-0.39, 0.29) is 5.57 Å². The first-order chi connectivity index (χ1) is 14.7. The van der Waals surface area contributed by atoms with Gasteiger partial charge in [-0.15, -0.1) is 0 Å². The van der Waals surface area contributed by atoms with E-state index in [4.69, 9.17) is 5.26 Å². The monoisotopic (exact) mass is 396 g/mol. The Kier molecular flexibility index (Phi) is 7.03. The second kappa shape index (κ2) is 10.1. The third-order valence-electron chi connectivity index (χ3n) is 4.98. The summed E-state index contributed by atoms with van der Waals surface area (Å²) in [6, 6.07) is 19.7. The van der Waals surface area contributed by atoms with Gasteiger partial charge in [0.25, 0.3) is 5.91 Å². The molecular formula is C25H24N4O. The van der Waals surface area contributed by atoms with Crippen molar-refractivity contribution in [1.82, 2.24) is 4.57 Å². The molecule has 1 heterocycles. The molecule has 0 aliphatic carbocycles. The van der Waals surface area contributed by atoms with Gasteiger partial charge >= 0.3 is 0 Å². The zero-order valence-corrected chi connectivity index (χ0v) is 17.1. The average molecular weight is 396 g/mol. The Labute approximate surface area is 176 Å². The lowest BCUT2D eigenvalue weighted by molar-refractivity contribution is -0.112. The summed E-state index contributed by atoms with van der Waals surface area (Å²) in [5, 5.41) is 22.2. The first-order valence-electron chi connectivity index (χ1n) is 10.1. The van der Waals surface area contributed by atoms with E-state index < -0.39 is 5.91 Å². The summed E-state index contributed by atoms with van der Waals surface area (Å²) in [4.78, 5) is 12.7. The number of amides is 1. The van der Waals surface area contributed by atoms with Gasteiger partial charge in [0.1, 0.15) is 11.6 Å². The van der Waals surface area contributed by atoms with E-state index in [1.807, 2.05) is 65.4 Å². The van der Waals surface area contributed by atoms with Crippen molar-refractivity contribution in [3.8, 4) is 12.1 Å². The third-order valence-corrected chi connectivity index (χ3v) is 4.98. The van der Waals surface area contributed by atoms with Crippen molar-refractivity contribution < 1.29 is 4.79 Å². The lowest BCUT2D eigenvalue weighted by Gasteiger charge is -2.06. The smallest absolute Gasteiger partial charge is 0.266 e. The number of aryl methyl sites for hydroxylation is 2. The van der Waals surface area contributed by atoms with Crippen LogP contribution in [0.25, 0.3) is 17.0 Å². The lowest BCUT2D eigenvalue weighted by Crippen LogP contribution is -2.13. The highest BCUT2D eigenvalue weighted by Gasteiger charge is 2.13. The molecule has 5 heteroatoms. The number of aromatic nitrogens is 1. The van der Waals surface area contributed by atoms with Gasteiger partial charge in [0.05, 0.1) is 12.5 Å². The zero-order chi connectivity index (χ0) is 21.3. The molecule has 0 saturated carbocycles. The first kappa shape index (κ1) is 20.9. The summed E-state index contributed by atoms with van der Waals surface area (Å²) in [6.45, 7) is 2.72. The number of carbonyl (C=O) groups is 1. The van der Waals surface area contributed by atoms with Gasteiger partial charge in [-0.25, -0.2) is 0 Å². The summed E-state index contributed by atoms with van der Waals surface area (Å²) in [5.74, 6) is -0.437. The van der Waals surface area contributed by atoms with Gasteiger partial charge in [0, 0.05) is 34.9 Å². The Hall–Kier alpha value is -3.83. The maximum atomic E-state index is 12.7. The van der Waals surface area contributed by atoms with Gasteiger partial charge in [0.2, 0.25) is 0 Å². The van der Waals surface area contributed by atoms with Crippen LogP contribution in [0, 0.1) is 22.7 Å². The SMILES string of the molecule is CCCCc1ccc(NC(=O)/C(C#N)=C/c2cn(CCC#N)c3ccccc23)cc1. The molecule has 2 aromatic carbocycles. The van der Waals surface area contributed by atoms with Gasteiger partial charge in [-0.3, -0.25) is 4.79 Å². The number of unbranched alkanes of at least 4 members (excludes halogenated alkanes) is 1. The minimum Gasteiger partial charge on any atom is -0.346 e. The zero-order valence-electron chi connectivity index (χ0n) is 17.1. The van der Waals surface area contributed by atoms with E-state index in [2.05, 4.69) is 18.3 Å². The van der Waals surface area contributed by atoms with Crippen LogP contribution in [0.5, 0.6) is 0 Å². The maximum absolute atomic E-state index is 12.7. The Morgan fingerprint density at radius 3 is 2.60 bits per heavy atom. The Balaban J connectivity index is 1.82. The second-order valence-electron chi connectivity index (χ2n) is 7.13. The molecule has 0 radical (unpaired) electrons. The molecule has 0 unspecified atom stereocenters. The lowest BCUT2D eigenvalue weighted by atomic mass is 10.1. The molecule has 30 heavy (non-hydrogen) atoms. The number of hydrogen-bond acceptors (Lipinski definition) is 3. The fourth-order valence-corrected chi connectivity index (χ4v) is 3.38. The number of carbonyl (C=O) groups excluding carboxylic acids is 1. The average Bonchev–Trinajstić information content (AvgIpc) is 3.13. The van der Waals surface area contributed by atoms with Crippen LogP contribution in [0.3, 0.4) is 0 Å². The molecule has 3 rings (SSSR count). The fourth-order valence-electron chi connectivity index (χ4n) is 3.38. The Bertz CT molecular complexity index is 1140. The van der Waals surface area contributed by atoms with Crippen molar-refractivity contribution in [2.75, 3.05) is 5.32 Å². The first-order valence-corrected chi connectivity index (χ1v) is 10.1. The normalized spacial score (nSPS) is 11.1. The number of rotatable bonds is 8. The Morgan fingerprint density at radius 1 is 1.13 bits per heavy atom. The molecule has 0 saturated heterocycles. The predicted molar refractivity (Wildman–Crippen MR) is 119 cm³/mol. The fraction of sp³-hybridized carbons (Fsp3) is 0.240. The number of nitrogens with zero attached hydrogens (tertiary/aromatic N) is 3. The summed E-state index contributed by atoms with van der Waals surface area (Å²) in [5.41, 5.74) is 3.69. The number of nitrogens with one attached hydrogen (secondary N) is 1. The van der Waals surface area contributed by atoms with E-state index in [0.717, 1.165) is 35.7 Å². The summed E-state index contributed by atoms with van der Waals surface area (Å²) in [6.07, 6.45) is 7.17. The van der Waals surface area contributed by atoms with Gasteiger partial charge < -0.3 is 9.88 Å².